The van der Waals surface area contributed by atoms with Crippen molar-refractivity contribution in [2.24, 2.45) is 0 Å². The lowest BCUT2D eigenvalue weighted by atomic mass is 10.2. The van der Waals surface area contributed by atoms with Gasteiger partial charge in [-0.15, -0.1) is 11.8 Å². The molecule has 3 aromatic rings. The Kier molecular flexibility index (Phi) is 5.79. The van der Waals surface area contributed by atoms with Gasteiger partial charge in [-0.3, -0.25) is 0 Å². The van der Waals surface area contributed by atoms with Crippen molar-refractivity contribution in [1.29, 1.82) is 5.26 Å². The van der Waals surface area contributed by atoms with Gasteiger partial charge in [-0.2, -0.15) is 10.4 Å². The minimum atomic E-state index is 0.421. The molecule has 0 bridgehead atoms. The van der Waals surface area contributed by atoms with Crippen molar-refractivity contribution in [2.75, 3.05) is 6.26 Å². The lowest BCUT2D eigenvalue weighted by Gasteiger charge is -2.10. The standard InChI is InChI=1S/C21H20ClN3OS/c1-13-9-18(7-8-21(13)27-4)26-12-19-14(2)24-25(15(19)3)17-6-5-16(11-23)20(22)10-17/h5-10H,12H2,1-4H3. The number of aromatic nitrogens is 2. The van der Waals surface area contributed by atoms with Crippen molar-refractivity contribution in [3.05, 3.63) is 69.5 Å². The van der Waals surface area contributed by atoms with Crippen LogP contribution in [0, 0.1) is 32.1 Å². The van der Waals surface area contributed by atoms with E-state index in [9.17, 15) is 0 Å². The Balaban J connectivity index is 1.85. The summed E-state index contributed by atoms with van der Waals surface area (Å²) in [5.74, 6) is 0.846. The number of hydrogen-bond acceptors (Lipinski definition) is 4. The fraction of sp³-hybridized carbons (Fsp3) is 0.238. The normalized spacial score (nSPS) is 10.7. The first kappa shape index (κ1) is 19.3. The number of halogens is 1. The monoisotopic (exact) mass is 397 g/mol. The largest absolute Gasteiger partial charge is 0.489 e. The summed E-state index contributed by atoms with van der Waals surface area (Å²) in [6.45, 7) is 6.50. The van der Waals surface area contributed by atoms with Crippen LogP contribution >= 0.6 is 23.4 Å². The number of nitrogens with zero attached hydrogens (tertiary/aromatic N) is 3. The SMILES string of the molecule is CSc1ccc(OCc2c(C)nn(-c3ccc(C#N)c(Cl)c3)c2C)cc1C. The highest BCUT2D eigenvalue weighted by molar-refractivity contribution is 7.98. The lowest BCUT2D eigenvalue weighted by Crippen LogP contribution is -2.02. The molecule has 0 radical (unpaired) electrons. The van der Waals surface area contributed by atoms with E-state index in [1.807, 2.05) is 30.7 Å². The Bertz CT molecular complexity index is 1040. The fourth-order valence-electron chi connectivity index (χ4n) is 2.96. The summed E-state index contributed by atoms with van der Waals surface area (Å²) < 4.78 is 7.85. The molecule has 0 aliphatic carbocycles. The number of rotatable bonds is 5. The van der Waals surface area contributed by atoms with Crippen molar-refractivity contribution < 1.29 is 4.74 Å². The fourth-order valence-corrected chi connectivity index (χ4v) is 3.76. The molecule has 0 atom stereocenters. The van der Waals surface area contributed by atoms with Gasteiger partial charge in [0.1, 0.15) is 18.4 Å². The average Bonchev–Trinajstić information content (AvgIpc) is 2.94. The summed E-state index contributed by atoms with van der Waals surface area (Å²) >= 11 is 7.90. The molecule has 0 spiro atoms. The van der Waals surface area contributed by atoms with Gasteiger partial charge < -0.3 is 4.74 Å². The first-order valence-corrected chi connectivity index (χ1v) is 10.1. The molecular formula is C21H20ClN3OS. The van der Waals surface area contributed by atoms with Crippen molar-refractivity contribution >= 4 is 23.4 Å². The predicted molar refractivity (Wildman–Crippen MR) is 110 cm³/mol. The van der Waals surface area contributed by atoms with Gasteiger partial charge in [0.2, 0.25) is 0 Å². The smallest absolute Gasteiger partial charge is 0.120 e. The van der Waals surface area contributed by atoms with E-state index in [4.69, 9.17) is 21.6 Å². The van der Waals surface area contributed by atoms with E-state index < -0.39 is 0 Å². The number of benzene rings is 2. The van der Waals surface area contributed by atoms with E-state index in [-0.39, 0.29) is 0 Å². The summed E-state index contributed by atoms with van der Waals surface area (Å²) in [4.78, 5) is 1.25. The van der Waals surface area contributed by atoms with E-state index in [1.54, 1.807) is 23.9 Å². The van der Waals surface area contributed by atoms with Gasteiger partial charge in [-0.25, -0.2) is 4.68 Å². The maximum Gasteiger partial charge on any atom is 0.120 e. The van der Waals surface area contributed by atoms with E-state index >= 15 is 0 Å². The molecule has 0 unspecified atom stereocenters. The number of aryl methyl sites for hydroxylation is 2. The molecule has 1 heterocycles. The molecule has 0 fully saturated rings. The second-order valence-electron chi connectivity index (χ2n) is 6.26. The van der Waals surface area contributed by atoms with Crippen LogP contribution in [0.2, 0.25) is 5.02 Å². The van der Waals surface area contributed by atoms with Crippen molar-refractivity contribution in [1.82, 2.24) is 9.78 Å². The Morgan fingerprint density at radius 2 is 1.96 bits per heavy atom. The summed E-state index contributed by atoms with van der Waals surface area (Å²) in [5, 5.41) is 14.1. The summed E-state index contributed by atoms with van der Waals surface area (Å²) in [5.41, 5.74) is 5.43. The minimum absolute atomic E-state index is 0.421. The molecule has 4 nitrogen and oxygen atoms in total. The zero-order valence-corrected chi connectivity index (χ0v) is 17.3. The molecule has 2 aromatic carbocycles. The lowest BCUT2D eigenvalue weighted by molar-refractivity contribution is 0.304. The van der Waals surface area contributed by atoms with Crippen LogP contribution in [0.15, 0.2) is 41.3 Å². The van der Waals surface area contributed by atoms with E-state index in [0.717, 1.165) is 28.4 Å². The number of nitriles is 1. The average molecular weight is 398 g/mol. The third-order valence-corrected chi connectivity index (χ3v) is 5.72. The van der Waals surface area contributed by atoms with Crippen molar-refractivity contribution in [3.8, 4) is 17.5 Å². The molecule has 0 aliphatic heterocycles. The molecule has 6 heteroatoms. The first-order chi connectivity index (χ1) is 12.9. The number of hydrogen-bond donors (Lipinski definition) is 0. The molecule has 138 valence electrons. The number of thioether (sulfide) groups is 1. The molecule has 0 aliphatic rings. The molecule has 1 aromatic heterocycles. The van der Waals surface area contributed by atoms with E-state index in [0.29, 0.717) is 17.2 Å². The molecular weight excluding hydrogens is 378 g/mol. The van der Waals surface area contributed by atoms with Crippen LogP contribution in [0.5, 0.6) is 5.75 Å². The van der Waals surface area contributed by atoms with Gasteiger partial charge in [-0.05, 0) is 69.0 Å². The maximum atomic E-state index is 9.04. The van der Waals surface area contributed by atoms with Gasteiger partial charge in [0, 0.05) is 16.2 Å². The molecule has 3 rings (SSSR count). The molecule has 27 heavy (non-hydrogen) atoms. The molecule has 0 N–H and O–H groups in total. The topological polar surface area (TPSA) is 50.8 Å². The highest BCUT2D eigenvalue weighted by atomic mass is 35.5. The third kappa shape index (κ3) is 3.97. The predicted octanol–water partition coefficient (Wildman–Crippen LogP) is 5.62. The van der Waals surface area contributed by atoms with Crippen LogP contribution in [-0.4, -0.2) is 16.0 Å². The van der Waals surface area contributed by atoms with Crippen LogP contribution in [0.1, 0.15) is 28.1 Å². The Morgan fingerprint density at radius 1 is 1.19 bits per heavy atom. The van der Waals surface area contributed by atoms with Crippen molar-refractivity contribution in [3.63, 3.8) is 0 Å². The zero-order chi connectivity index (χ0) is 19.6. The van der Waals surface area contributed by atoms with Crippen LogP contribution in [0.25, 0.3) is 5.69 Å². The summed E-state index contributed by atoms with van der Waals surface area (Å²) in [6, 6.07) is 13.5. The minimum Gasteiger partial charge on any atom is -0.489 e. The van der Waals surface area contributed by atoms with Gasteiger partial charge in [0.05, 0.1) is 22.0 Å². The maximum absolute atomic E-state index is 9.04. The van der Waals surface area contributed by atoms with Gasteiger partial charge in [0.15, 0.2) is 0 Å². The van der Waals surface area contributed by atoms with Crippen LogP contribution < -0.4 is 4.74 Å². The highest BCUT2D eigenvalue weighted by Gasteiger charge is 2.14. The van der Waals surface area contributed by atoms with Crippen LogP contribution in [0.4, 0.5) is 0 Å². The summed E-state index contributed by atoms with van der Waals surface area (Å²) in [6.07, 6.45) is 2.07. The highest BCUT2D eigenvalue weighted by Crippen LogP contribution is 2.26. The molecule has 0 saturated heterocycles. The van der Waals surface area contributed by atoms with E-state index in [2.05, 4.69) is 36.5 Å². The molecule has 0 saturated carbocycles. The van der Waals surface area contributed by atoms with Gasteiger partial charge in [-0.1, -0.05) is 11.6 Å². The quantitative estimate of drug-likeness (QED) is 0.524. The first-order valence-electron chi connectivity index (χ1n) is 8.47. The van der Waals surface area contributed by atoms with Crippen LogP contribution in [-0.2, 0) is 6.61 Å². The number of ether oxygens (including phenoxy) is 1. The third-order valence-electron chi connectivity index (χ3n) is 4.51. The summed E-state index contributed by atoms with van der Waals surface area (Å²) in [7, 11) is 0. The van der Waals surface area contributed by atoms with E-state index in [1.165, 1.54) is 10.5 Å². The Labute approximate surface area is 168 Å². The van der Waals surface area contributed by atoms with Gasteiger partial charge >= 0.3 is 0 Å². The second-order valence-corrected chi connectivity index (χ2v) is 7.51. The van der Waals surface area contributed by atoms with Gasteiger partial charge in [0.25, 0.3) is 0 Å². The van der Waals surface area contributed by atoms with Crippen molar-refractivity contribution in [2.45, 2.75) is 32.3 Å². The van der Waals surface area contributed by atoms with Crippen LogP contribution in [0.3, 0.4) is 0 Å². The Morgan fingerprint density at radius 3 is 2.59 bits per heavy atom. The zero-order valence-electron chi connectivity index (χ0n) is 15.7. The second kappa shape index (κ2) is 8.08. The Hall–Kier alpha value is -2.42. The molecule has 0 amide bonds.